The molecule has 1 aliphatic rings. The number of carbonyl (C=O) groups excluding carboxylic acids is 3. The third-order valence-corrected chi connectivity index (χ3v) is 5.60. The molecule has 34 heavy (non-hydrogen) atoms. The molecule has 1 unspecified atom stereocenters. The maximum atomic E-state index is 13.3. The average Bonchev–Trinajstić information content (AvgIpc) is 2.80. The lowest BCUT2D eigenvalue weighted by molar-refractivity contribution is -0.137. The number of halogens is 1. The molecule has 1 aliphatic heterocycles. The third kappa shape index (κ3) is 5.91. The largest absolute Gasteiger partial charge is 0.484 e. The van der Waals surface area contributed by atoms with E-state index in [-0.39, 0.29) is 43.0 Å². The summed E-state index contributed by atoms with van der Waals surface area (Å²) in [6, 6.07) is 6.51. The molecule has 1 atom stereocenters. The molecule has 9 nitrogen and oxygen atoms in total. The fourth-order valence-corrected chi connectivity index (χ4v) is 3.87. The van der Waals surface area contributed by atoms with E-state index in [0.717, 1.165) is 0 Å². The van der Waals surface area contributed by atoms with Gasteiger partial charge in [-0.15, -0.1) is 0 Å². The van der Waals surface area contributed by atoms with Crippen molar-refractivity contribution in [2.45, 2.75) is 26.8 Å². The van der Waals surface area contributed by atoms with E-state index in [0.29, 0.717) is 35.4 Å². The third-order valence-electron chi connectivity index (χ3n) is 5.35. The molecule has 2 aromatic rings. The Bertz CT molecular complexity index is 1090. The minimum atomic E-state index is -0.679. The molecule has 1 aromatic heterocycles. The van der Waals surface area contributed by atoms with Crippen LogP contribution in [0.25, 0.3) is 0 Å². The molecule has 0 N–H and O–H groups in total. The smallest absolute Gasteiger partial charge is 0.342 e. The Morgan fingerprint density at radius 1 is 1.18 bits per heavy atom. The van der Waals surface area contributed by atoms with Gasteiger partial charge in [-0.05, 0) is 45.0 Å². The van der Waals surface area contributed by atoms with Crippen LogP contribution in [0.15, 0.2) is 36.9 Å². The Labute approximate surface area is 203 Å². The van der Waals surface area contributed by atoms with E-state index >= 15 is 0 Å². The summed E-state index contributed by atoms with van der Waals surface area (Å²) in [5.74, 6) is -0.346. The van der Waals surface area contributed by atoms with Crippen molar-refractivity contribution in [3.05, 3.63) is 64.7 Å². The van der Waals surface area contributed by atoms with Gasteiger partial charge in [0.2, 0.25) is 0 Å². The first kappa shape index (κ1) is 25.2. The molecule has 0 aliphatic carbocycles. The van der Waals surface area contributed by atoms with Gasteiger partial charge < -0.3 is 19.3 Å². The van der Waals surface area contributed by atoms with Crippen molar-refractivity contribution < 1.29 is 23.9 Å². The van der Waals surface area contributed by atoms with Crippen LogP contribution in [0.4, 0.5) is 0 Å². The van der Waals surface area contributed by atoms with Crippen LogP contribution in [-0.2, 0) is 9.53 Å². The van der Waals surface area contributed by atoms with Crippen LogP contribution in [0, 0.1) is 13.8 Å². The summed E-state index contributed by atoms with van der Waals surface area (Å²) in [5, 5.41) is 0.583. The Morgan fingerprint density at radius 2 is 1.88 bits per heavy atom. The highest BCUT2D eigenvalue weighted by molar-refractivity contribution is 6.30. The fourth-order valence-electron chi connectivity index (χ4n) is 3.74. The number of benzene rings is 1. The van der Waals surface area contributed by atoms with E-state index in [1.807, 2.05) is 6.92 Å². The molecule has 1 saturated heterocycles. The van der Waals surface area contributed by atoms with Crippen LogP contribution in [0.2, 0.25) is 5.02 Å². The average molecular weight is 487 g/mol. The molecule has 180 valence electrons. The number of rotatable bonds is 7. The summed E-state index contributed by atoms with van der Waals surface area (Å²) in [4.78, 5) is 50.3. The van der Waals surface area contributed by atoms with Crippen LogP contribution in [0.3, 0.4) is 0 Å². The zero-order chi connectivity index (χ0) is 24.8. The van der Waals surface area contributed by atoms with E-state index in [2.05, 4.69) is 16.5 Å². The lowest BCUT2D eigenvalue weighted by Gasteiger charge is -2.39. The van der Waals surface area contributed by atoms with Gasteiger partial charge in [0.25, 0.3) is 11.8 Å². The lowest BCUT2D eigenvalue weighted by Crippen LogP contribution is -2.56. The van der Waals surface area contributed by atoms with E-state index in [9.17, 15) is 14.4 Å². The number of aryl methyl sites for hydroxylation is 2. The summed E-state index contributed by atoms with van der Waals surface area (Å²) in [6.45, 7) is 9.47. The zero-order valence-corrected chi connectivity index (χ0v) is 20.2. The molecular formula is C24H27ClN4O5. The van der Waals surface area contributed by atoms with Gasteiger partial charge in [-0.3, -0.25) is 9.59 Å². The molecule has 2 amide bonds. The molecule has 0 radical (unpaired) electrons. The lowest BCUT2D eigenvalue weighted by atomic mass is 10.1. The van der Waals surface area contributed by atoms with Crippen molar-refractivity contribution in [1.82, 2.24) is 19.8 Å². The van der Waals surface area contributed by atoms with Crippen LogP contribution in [0.5, 0.6) is 5.75 Å². The van der Waals surface area contributed by atoms with Crippen molar-refractivity contribution in [3.8, 4) is 5.75 Å². The Kier molecular flexibility index (Phi) is 8.22. The molecule has 0 spiro atoms. The second-order valence-corrected chi connectivity index (χ2v) is 8.33. The van der Waals surface area contributed by atoms with Crippen molar-refractivity contribution in [2.24, 2.45) is 0 Å². The van der Waals surface area contributed by atoms with Gasteiger partial charge in [0.15, 0.2) is 6.61 Å². The Balaban J connectivity index is 1.68. The summed E-state index contributed by atoms with van der Waals surface area (Å²) < 4.78 is 10.7. The number of esters is 1. The number of amides is 2. The van der Waals surface area contributed by atoms with Gasteiger partial charge in [0.1, 0.15) is 29.4 Å². The number of hydrogen-bond acceptors (Lipinski definition) is 7. The molecule has 3 rings (SSSR count). The monoisotopic (exact) mass is 486 g/mol. The van der Waals surface area contributed by atoms with Gasteiger partial charge in [-0.2, -0.15) is 0 Å². The summed E-state index contributed by atoms with van der Waals surface area (Å²) in [6.07, 6.45) is 1.44. The molecule has 10 heteroatoms. The molecule has 1 aromatic carbocycles. The summed E-state index contributed by atoms with van der Waals surface area (Å²) in [7, 11) is 0. The van der Waals surface area contributed by atoms with Gasteiger partial charge in [0.05, 0.1) is 5.69 Å². The summed E-state index contributed by atoms with van der Waals surface area (Å²) in [5.41, 5.74) is 0.406. The number of aromatic nitrogens is 2. The second kappa shape index (κ2) is 11.1. The number of ether oxygens (including phenoxy) is 2. The van der Waals surface area contributed by atoms with Crippen molar-refractivity contribution in [2.75, 3.05) is 32.8 Å². The molecule has 0 saturated carbocycles. The van der Waals surface area contributed by atoms with Crippen LogP contribution >= 0.6 is 11.6 Å². The topological polar surface area (TPSA) is 102 Å². The molecule has 0 bridgehead atoms. The standard InChI is InChI=1S/C24H27ClN4O5/c1-5-12-33-24(32)21-16(3)26-17(4)27-22(21)23(31)28-10-11-29(15(2)13-28)20(30)14-34-19-8-6-18(25)7-9-19/h5-9,15H,1,10-14H2,2-4H3. The van der Waals surface area contributed by atoms with E-state index < -0.39 is 11.9 Å². The van der Waals surface area contributed by atoms with Crippen LogP contribution in [-0.4, -0.2) is 76.4 Å². The maximum Gasteiger partial charge on any atom is 0.342 e. The first-order valence-electron chi connectivity index (χ1n) is 10.8. The number of carbonyl (C=O) groups is 3. The molecule has 1 fully saturated rings. The second-order valence-electron chi connectivity index (χ2n) is 7.90. The molecule has 2 heterocycles. The van der Waals surface area contributed by atoms with Gasteiger partial charge in [0, 0.05) is 30.7 Å². The van der Waals surface area contributed by atoms with E-state index in [1.54, 1.807) is 47.9 Å². The predicted molar refractivity (Wildman–Crippen MR) is 126 cm³/mol. The quantitative estimate of drug-likeness (QED) is 0.438. The van der Waals surface area contributed by atoms with Gasteiger partial charge in [-0.25, -0.2) is 14.8 Å². The van der Waals surface area contributed by atoms with Gasteiger partial charge in [-0.1, -0.05) is 24.3 Å². The first-order valence-corrected chi connectivity index (χ1v) is 11.2. The van der Waals surface area contributed by atoms with Crippen molar-refractivity contribution >= 4 is 29.4 Å². The summed E-state index contributed by atoms with van der Waals surface area (Å²) >= 11 is 5.86. The SMILES string of the molecule is C=CCOC(=O)c1c(C)nc(C)nc1C(=O)N1CCN(C(=O)COc2ccc(Cl)cc2)C(C)C1. The maximum absolute atomic E-state index is 13.3. The number of piperazine rings is 1. The normalized spacial score (nSPS) is 15.6. The van der Waals surface area contributed by atoms with Crippen molar-refractivity contribution in [1.29, 1.82) is 0 Å². The fraction of sp³-hybridized carbons (Fsp3) is 0.375. The highest BCUT2D eigenvalue weighted by atomic mass is 35.5. The minimum Gasteiger partial charge on any atom is -0.484 e. The Morgan fingerprint density at radius 3 is 2.53 bits per heavy atom. The van der Waals surface area contributed by atoms with E-state index in [4.69, 9.17) is 21.1 Å². The highest BCUT2D eigenvalue weighted by Crippen LogP contribution is 2.19. The van der Waals surface area contributed by atoms with Crippen LogP contribution in [0.1, 0.15) is 39.3 Å². The minimum absolute atomic E-state index is 0.00268. The zero-order valence-electron chi connectivity index (χ0n) is 19.4. The van der Waals surface area contributed by atoms with E-state index in [1.165, 1.54) is 6.08 Å². The number of hydrogen-bond donors (Lipinski definition) is 0. The first-order chi connectivity index (χ1) is 16.2. The number of nitrogens with zero attached hydrogens (tertiary/aromatic N) is 4. The predicted octanol–water partition coefficient (Wildman–Crippen LogP) is 2.84. The molecular weight excluding hydrogens is 460 g/mol. The van der Waals surface area contributed by atoms with Crippen molar-refractivity contribution in [3.63, 3.8) is 0 Å². The highest BCUT2D eigenvalue weighted by Gasteiger charge is 2.33. The van der Waals surface area contributed by atoms with Gasteiger partial charge >= 0.3 is 5.97 Å². The van der Waals surface area contributed by atoms with Crippen LogP contribution < -0.4 is 4.74 Å². The Hall–Kier alpha value is -3.46.